The van der Waals surface area contributed by atoms with Crippen LogP contribution < -0.4 is 0 Å². The van der Waals surface area contributed by atoms with Crippen molar-refractivity contribution in [2.45, 2.75) is 39.5 Å². The standard InChI is InChI=1S/C12H18O/c1-9-5-3-6-10-11(13)7-4-8-12(9,10)2/h4,7,9-10H,3,5-6,8H2,1-2H3. The Hall–Kier alpha value is -0.590. The number of carbonyl (C=O) groups excluding carboxylic acids is 1. The average Bonchev–Trinajstić information content (AvgIpc) is 2.08. The van der Waals surface area contributed by atoms with Gasteiger partial charge in [0.25, 0.3) is 0 Å². The van der Waals surface area contributed by atoms with Gasteiger partial charge in [0.05, 0.1) is 0 Å². The third kappa shape index (κ3) is 1.25. The van der Waals surface area contributed by atoms with Gasteiger partial charge in [-0.1, -0.05) is 32.8 Å². The van der Waals surface area contributed by atoms with Crippen molar-refractivity contribution in [3.05, 3.63) is 12.2 Å². The van der Waals surface area contributed by atoms with E-state index in [1.54, 1.807) is 6.08 Å². The van der Waals surface area contributed by atoms with Gasteiger partial charge < -0.3 is 0 Å². The molecule has 13 heavy (non-hydrogen) atoms. The molecule has 0 aliphatic heterocycles. The van der Waals surface area contributed by atoms with E-state index in [1.807, 2.05) is 0 Å². The molecule has 2 aliphatic rings. The first-order valence-corrected chi connectivity index (χ1v) is 5.35. The van der Waals surface area contributed by atoms with Gasteiger partial charge in [-0.05, 0) is 30.3 Å². The Labute approximate surface area is 80.2 Å². The topological polar surface area (TPSA) is 17.1 Å². The normalized spacial score (nSPS) is 44.6. The molecule has 0 aromatic heterocycles. The zero-order chi connectivity index (χ0) is 9.47. The molecule has 1 saturated carbocycles. The van der Waals surface area contributed by atoms with Gasteiger partial charge in [0.15, 0.2) is 5.78 Å². The third-order valence-electron chi connectivity index (χ3n) is 4.23. The van der Waals surface area contributed by atoms with E-state index in [2.05, 4.69) is 19.9 Å². The summed E-state index contributed by atoms with van der Waals surface area (Å²) in [5.41, 5.74) is 0.268. The van der Waals surface area contributed by atoms with Gasteiger partial charge >= 0.3 is 0 Å². The largest absolute Gasteiger partial charge is 0.295 e. The summed E-state index contributed by atoms with van der Waals surface area (Å²) >= 11 is 0. The molecule has 3 atom stereocenters. The highest BCUT2D eigenvalue weighted by molar-refractivity contribution is 5.93. The lowest BCUT2D eigenvalue weighted by Gasteiger charge is -2.46. The summed E-state index contributed by atoms with van der Waals surface area (Å²) in [7, 11) is 0. The van der Waals surface area contributed by atoms with E-state index in [1.165, 1.54) is 12.8 Å². The molecule has 0 amide bonds. The number of hydrogen-bond donors (Lipinski definition) is 0. The van der Waals surface area contributed by atoms with Crippen LogP contribution >= 0.6 is 0 Å². The van der Waals surface area contributed by atoms with Crippen molar-refractivity contribution in [1.29, 1.82) is 0 Å². The van der Waals surface area contributed by atoms with Crippen LogP contribution in [0.25, 0.3) is 0 Å². The molecule has 72 valence electrons. The molecule has 0 saturated heterocycles. The Morgan fingerprint density at radius 3 is 2.92 bits per heavy atom. The van der Waals surface area contributed by atoms with Gasteiger partial charge in [0.1, 0.15) is 0 Å². The van der Waals surface area contributed by atoms with Crippen molar-refractivity contribution in [3.8, 4) is 0 Å². The highest BCUT2D eigenvalue weighted by Gasteiger charge is 2.45. The van der Waals surface area contributed by atoms with Crippen molar-refractivity contribution >= 4 is 5.78 Å². The molecule has 1 heteroatoms. The molecule has 0 radical (unpaired) electrons. The van der Waals surface area contributed by atoms with Gasteiger partial charge in [-0.15, -0.1) is 0 Å². The van der Waals surface area contributed by atoms with E-state index in [0.717, 1.165) is 12.8 Å². The minimum absolute atomic E-state index is 0.268. The Bertz CT molecular complexity index is 254. The first kappa shape index (κ1) is 8.98. The second-order valence-electron chi connectivity index (χ2n) is 4.90. The molecule has 0 N–H and O–H groups in total. The Morgan fingerprint density at radius 2 is 2.23 bits per heavy atom. The van der Waals surface area contributed by atoms with E-state index < -0.39 is 0 Å². The average molecular weight is 178 g/mol. The zero-order valence-corrected chi connectivity index (χ0v) is 8.55. The maximum Gasteiger partial charge on any atom is 0.159 e. The van der Waals surface area contributed by atoms with Crippen LogP contribution in [0.4, 0.5) is 0 Å². The van der Waals surface area contributed by atoms with Crippen LogP contribution in [0.5, 0.6) is 0 Å². The van der Waals surface area contributed by atoms with Gasteiger partial charge in [-0.2, -0.15) is 0 Å². The van der Waals surface area contributed by atoms with Gasteiger partial charge in [0.2, 0.25) is 0 Å². The second kappa shape index (κ2) is 2.97. The number of allylic oxidation sites excluding steroid dienone is 2. The fraction of sp³-hybridized carbons (Fsp3) is 0.750. The lowest BCUT2D eigenvalue weighted by Crippen LogP contribution is -2.42. The number of ketones is 1. The first-order chi connectivity index (χ1) is 6.14. The summed E-state index contributed by atoms with van der Waals surface area (Å²) in [6.45, 7) is 4.60. The smallest absolute Gasteiger partial charge is 0.159 e. The summed E-state index contributed by atoms with van der Waals surface area (Å²) in [4.78, 5) is 11.7. The number of fused-ring (bicyclic) bond motifs is 1. The molecule has 2 rings (SSSR count). The highest BCUT2D eigenvalue weighted by Crippen LogP contribution is 2.49. The molecular formula is C12H18O. The fourth-order valence-electron chi connectivity index (χ4n) is 2.99. The summed E-state index contributed by atoms with van der Waals surface area (Å²) < 4.78 is 0. The van der Waals surface area contributed by atoms with Crippen LogP contribution in [-0.2, 0) is 4.79 Å². The maximum absolute atomic E-state index is 11.7. The lowest BCUT2D eigenvalue weighted by molar-refractivity contribution is -0.126. The van der Waals surface area contributed by atoms with Crippen LogP contribution in [0, 0.1) is 17.3 Å². The number of rotatable bonds is 0. The van der Waals surface area contributed by atoms with Crippen LogP contribution in [0.15, 0.2) is 12.2 Å². The van der Waals surface area contributed by atoms with E-state index >= 15 is 0 Å². The lowest BCUT2D eigenvalue weighted by atomic mass is 9.57. The molecule has 0 aromatic rings. The SMILES string of the molecule is CC1CCCC2C(=O)C=CCC12C. The summed E-state index contributed by atoms with van der Waals surface area (Å²) in [6, 6.07) is 0. The monoisotopic (exact) mass is 178 g/mol. The molecule has 3 unspecified atom stereocenters. The molecule has 1 fully saturated rings. The van der Waals surface area contributed by atoms with Crippen molar-refractivity contribution < 1.29 is 4.79 Å². The molecular weight excluding hydrogens is 160 g/mol. The van der Waals surface area contributed by atoms with Crippen LogP contribution in [0.1, 0.15) is 39.5 Å². The van der Waals surface area contributed by atoms with Crippen molar-refractivity contribution in [2.75, 3.05) is 0 Å². The highest BCUT2D eigenvalue weighted by atomic mass is 16.1. The molecule has 1 nitrogen and oxygen atoms in total. The Balaban J connectivity index is 2.32. The predicted octanol–water partition coefficient (Wildman–Crippen LogP) is 2.96. The Kier molecular flexibility index (Phi) is 2.05. The maximum atomic E-state index is 11.7. The molecule has 0 spiro atoms. The summed E-state index contributed by atoms with van der Waals surface area (Å²) in [5.74, 6) is 1.40. The zero-order valence-electron chi connectivity index (χ0n) is 8.55. The fourth-order valence-corrected chi connectivity index (χ4v) is 2.99. The summed E-state index contributed by atoms with van der Waals surface area (Å²) in [5, 5.41) is 0. The van der Waals surface area contributed by atoms with E-state index in [0.29, 0.717) is 17.6 Å². The van der Waals surface area contributed by atoms with Crippen LogP contribution in [0.2, 0.25) is 0 Å². The van der Waals surface area contributed by atoms with E-state index in [-0.39, 0.29) is 5.41 Å². The van der Waals surface area contributed by atoms with Crippen LogP contribution in [0.3, 0.4) is 0 Å². The summed E-state index contributed by atoms with van der Waals surface area (Å²) in [6.07, 6.45) is 8.62. The van der Waals surface area contributed by atoms with Gasteiger partial charge in [-0.25, -0.2) is 0 Å². The van der Waals surface area contributed by atoms with E-state index in [9.17, 15) is 4.79 Å². The molecule has 0 heterocycles. The minimum Gasteiger partial charge on any atom is -0.295 e. The van der Waals surface area contributed by atoms with Gasteiger partial charge in [-0.3, -0.25) is 4.79 Å². The first-order valence-electron chi connectivity index (χ1n) is 5.35. The number of hydrogen-bond acceptors (Lipinski definition) is 1. The quantitative estimate of drug-likeness (QED) is 0.557. The second-order valence-corrected chi connectivity index (χ2v) is 4.90. The minimum atomic E-state index is 0.268. The molecule has 2 aliphatic carbocycles. The van der Waals surface area contributed by atoms with Crippen molar-refractivity contribution in [3.63, 3.8) is 0 Å². The van der Waals surface area contributed by atoms with Crippen molar-refractivity contribution in [1.82, 2.24) is 0 Å². The third-order valence-corrected chi connectivity index (χ3v) is 4.23. The predicted molar refractivity (Wildman–Crippen MR) is 53.4 cm³/mol. The van der Waals surface area contributed by atoms with E-state index in [4.69, 9.17) is 0 Å². The van der Waals surface area contributed by atoms with Gasteiger partial charge in [0, 0.05) is 5.92 Å². The number of carbonyl (C=O) groups is 1. The molecule has 0 bridgehead atoms. The molecule has 0 aromatic carbocycles. The van der Waals surface area contributed by atoms with Crippen LogP contribution in [-0.4, -0.2) is 5.78 Å². The Morgan fingerprint density at radius 1 is 1.46 bits per heavy atom. The van der Waals surface area contributed by atoms with Crippen molar-refractivity contribution in [2.24, 2.45) is 17.3 Å².